The number of carbonyl (C=O) groups is 2. The molecule has 6 N–H and O–H groups in total. The van der Waals surface area contributed by atoms with Crippen LogP contribution in [-0.2, 0) is 27.1 Å². The minimum absolute atomic E-state index is 0.102. The molecule has 9 heteroatoms. The number of aryl methyl sites for hydroxylation is 1. The minimum Gasteiger partial charge on any atom is -0.459 e. The van der Waals surface area contributed by atoms with E-state index in [-0.39, 0.29) is 13.0 Å². The van der Waals surface area contributed by atoms with Gasteiger partial charge in [0.2, 0.25) is 0 Å². The average molecular weight is 514 g/mol. The Morgan fingerprint density at radius 1 is 1.08 bits per heavy atom. The number of hydrogen-bond acceptors (Lipinski definition) is 8. The molecule has 202 valence electrons. The predicted octanol–water partition coefficient (Wildman–Crippen LogP) is 2.58. The molecule has 0 radical (unpaired) electrons. The maximum absolute atomic E-state index is 12.8. The van der Waals surface area contributed by atoms with Gasteiger partial charge in [-0.1, -0.05) is 67.3 Å². The molecule has 1 amide bonds. The summed E-state index contributed by atoms with van der Waals surface area (Å²) in [7, 11) is 0. The number of nitrogens with two attached hydrogens (primary N) is 2. The standard InChI is InChI=1S/C28H39N3O6/c1-5-20-13-9-10-14-21(20)15-16-22(32)18-36-27(35)31(30)23(17-19-11-7-6-8-12-19)25(33)24(29)26(34)37-28(2,3)4/h5-14,22-25,32-33H,1,15-18,29-30H2,2-4H3. The minimum atomic E-state index is -1.55. The summed E-state index contributed by atoms with van der Waals surface area (Å²) in [6.45, 7) is 8.53. The molecule has 4 atom stereocenters. The van der Waals surface area contributed by atoms with E-state index < -0.39 is 42.0 Å². The summed E-state index contributed by atoms with van der Waals surface area (Å²) in [5, 5.41) is 22.0. The highest BCUT2D eigenvalue weighted by Crippen LogP contribution is 2.17. The fraction of sp³-hybridized carbons (Fsp3) is 0.429. The van der Waals surface area contributed by atoms with Crippen molar-refractivity contribution >= 4 is 18.1 Å². The second-order valence-corrected chi connectivity index (χ2v) is 9.89. The summed E-state index contributed by atoms with van der Waals surface area (Å²) in [6.07, 6.45) is -0.693. The van der Waals surface area contributed by atoms with Crippen molar-refractivity contribution in [1.29, 1.82) is 0 Å². The molecule has 2 aromatic rings. The molecule has 37 heavy (non-hydrogen) atoms. The van der Waals surface area contributed by atoms with Gasteiger partial charge in [-0.3, -0.25) is 4.79 Å². The Hall–Kier alpha value is -3.24. The van der Waals surface area contributed by atoms with E-state index in [0.717, 1.165) is 16.7 Å². The van der Waals surface area contributed by atoms with Gasteiger partial charge in [-0.15, -0.1) is 0 Å². The number of aliphatic hydroxyl groups excluding tert-OH is 2. The van der Waals surface area contributed by atoms with Gasteiger partial charge in [0.25, 0.3) is 0 Å². The molecule has 0 bridgehead atoms. The molecule has 0 spiro atoms. The lowest BCUT2D eigenvalue weighted by Crippen LogP contribution is -2.60. The topological polar surface area (TPSA) is 148 Å². The van der Waals surface area contributed by atoms with Crippen molar-refractivity contribution in [2.45, 2.75) is 69.9 Å². The smallest absolute Gasteiger partial charge is 0.424 e. The molecular formula is C28H39N3O6. The number of aliphatic hydroxyl groups is 2. The molecule has 2 rings (SSSR count). The van der Waals surface area contributed by atoms with Crippen LogP contribution in [0.25, 0.3) is 6.08 Å². The number of esters is 1. The summed E-state index contributed by atoms with van der Waals surface area (Å²) in [6, 6.07) is 14.1. The fourth-order valence-electron chi connectivity index (χ4n) is 3.73. The van der Waals surface area contributed by atoms with Gasteiger partial charge in [0.1, 0.15) is 24.4 Å². The average Bonchev–Trinajstić information content (AvgIpc) is 2.87. The number of hydrogen-bond donors (Lipinski definition) is 4. The summed E-state index contributed by atoms with van der Waals surface area (Å²) in [5.41, 5.74) is 7.93. The molecule has 0 saturated heterocycles. The summed E-state index contributed by atoms with van der Waals surface area (Å²) < 4.78 is 10.5. The zero-order chi connectivity index (χ0) is 27.6. The maximum atomic E-state index is 12.8. The van der Waals surface area contributed by atoms with E-state index in [1.54, 1.807) is 51.1 Å². The zero-order valence-electron chi connectivity index (χ0n) is 21.7. The SMILES string of the molecule is C=Cc1ccccc1CCC(O)COC(=O)N(N)C(Cc1ccccc1)C(O)C(N)C(=O)OC(C)(C)C. The van der Waals surface area contributed by atoms with Gasteiger partial charge in [-0.05, 0) is 56.7 Å². The van der Waals surface area contributed by atoms with Crippen LogP contribution in [0.4, 0.5) is 4.79 Å². The highest BCUT2D eigenvalue weighted by molar-refractivity contribution is 5.77. The number of benzene rings is 2. The van der Waals surface area contributed by atoms with Gasteiger partial charge >= 0.3 is 12.1 Å². The summed E-state index contributed by atoms with van der Waals surface area (Å²) >= 11 is 0. The van der Waals surface area contributed by atoms with Crippen LogP contribution in [0.3, 0.4) is 0 Å². The number of nitrogens with zero attached hydrogens (tertiary/aromatic N) is 1. The van der Waals surface area contributed by atoms with E-state index >= 15 is 0 Å². The first-order chi connectivity index (χ1) is 17.4. The van der Waals surface area contributed by atoms with Gasteiger partial charge in [0.15, 0.2) is 0 Å². The first-order valence-electron chi connectivity index (χ1n) is 12.2. The number of rotatable bonds is 12. The van der Waals surface area contributed by atoms with Crippen molar-refractivity contribution in [2.75, 3.05) is 6.61 Å². The highest BCUT2D eigenvalue weighted by Gasteiger charge is 2.38. The maximum Gasteiger partial charge on any atom is 0.424 e. The van der Waals surface area contributed by atoms with E-state index in [1.807, 2.05) is 30.3 Å². The Bertz CT molecular complexity index is 1020. The van der Waals surface area contributed by atoms with Crippen molar-refractivity contribution in [3.8, 4) is 0 Å². The molecule has 0 aliphatic rings. The van der Waals surface area contributed by atoms with Crippen molar-refractivity contribution < 1.29 is 29.3 Å². The van der Waals surface area contributed by atoms with Crippen LogP contribution in [0.15, 0.2) is 61.2 Å². The van der Waals surface area contributed by atoms with E-state index in [4.69, 9.17) is 21.1 Å². The third-order valence-electron chi connectivity index (χ3n) is 5.72. The lowest BCUT2D eigenvalue weighted by molar-refractivity contribution is -0.160. The Balaban J connectivity index is 2.05. The summed E-state index contributed by atoms with van der Waals surface area (Å²) in [4.78, 5) is 25.2. The van der Waals surface area contributed by atoms with Crippen molar-refractivity contribution in [2.24, 2.45) is 11.6 Å². The quantitative estimate of drug-likeness (QED) is 0.146. The second kappa shape index (κ2) is 13.9. The first kappa shape index (κ1) is 30.0. The number of amides is 1. The van der Waals surface area contributed by atoms with Crippen molar-refractivity contribution in [3.05, 3.63) is 77.9 Å². The number of carbonyl (C=O) groups excluding carboxylic acids is 2. The Morgan fingerprint density at radius 2 is 1.70 bits per heavy atom. The highest BCUT2D eigenvalue weighted by atomic mass is 16.6. The third-order valence-corrected chi connectivity index (χ3v) is 5.72. The second-order valence-electron chi connectivity index (χ2n) is 9.89. The molecule has 0 saturated carbocycles. The Labute approximate surface area is 218 Å². The van der Waals surface area contributed by atoms with E-state index in [1.165, 1.54) is 0 Å². The van der Waals surface area contributed by atoms with Gasteiger partial charge in [-0.2, -0.15) is 0 Å². The summed E-state index contributed by atoms with van der Waals surface area (Å²) in [5.74, 6) is 5.24. The number of ether oxygens (including phenoxy) is 2. The molecule has 0 aromatic heterocycles. The van der Waals surface area contributed by atoms with Gasteiger partial charge in [0.05, 0.1) is 12.1 Å². The predicted molar refractivity (Wildman–Crippen MR) is 142 cm³/mol. The van der Waals surface area contributed by atoms with E-state index in [0.29, 0.717) is 17.9 Å². The number of hydrazine groups is 1. The molecule has 9 nitrogen and oxygen atoms in total. The Morgan fingerprint density at radius 3 is 2.32 bits per heavy atom. The van der Waals surface area contributed by atoms with E-state index in [2.05, 4.69) is 6.58 Å². The Kier molecular flexibility index (Phi) is 11.3. The molecule has 0 heterocycles. The van der Waals surface area contributed by atoms with Gasteiger partial charge in [0, 0.05) is 0 Å². The van der Waals surface area contributed by atoms with Gasteiger partial charge < -0.3 is 25.4 Å². The van der Waals surface area contributed by atoms with Crippen LogP contribution in [0.5, 0.6) is 0 Å². The molecule has 0 aliphatic carbocycles. The largest absolute Gasteiger partial charge is 0.459 e. The molecular weight excluding hydrogens is 474 g/mol. The van der Waals surface area contributed by atoms with Crippen LogP contribution < -0.4 is 11.6 Å². The van der Waals surface area contributed by atoms with Crippen LogP contribution in [0.1, 0.15) is 43.9 Å². The van der Waals surface area contributed by atoms with E-state index in [9.17, 15) is 19.8 Å². The monoisotopic (exact) mass is 513 g/mol. The first-order valence-corrected chi connectivity index (χ1v) is 12.2. The fourth-order valence-corrected chi connectivity index (χ4v) is 3.73. The zero-order valence-corrected chi connectivity index (χ0v) is 21.7. The van der Waals surface area contributed by atoms with Gasteiger partial charge in [-0.25, -0.2) is 15.6 Å². The molecule has 0 aliphatic heterocycles. The van der Waals surface area contributed by atoms with Crippen LogP contribution in [0.2, 0.25) is 0 Å². The van der Waals surface area contributed by atoms with Crippen LogP contribution in [0, 0.1) is 0 Å². The van der Waals surface area contributed by atoms with Crippen molar-refractivity contribution in [1.82, 2.24) is 5.01 Å². The molecule has 0 fully saturated rings. The van der Waals surface area contributed by atoms with Crippen LogP contribution in [-0.4, -0.2) is 63.8 Å². The normalized spacial score (nSPS) is 14.7. The third kappa shape index (κ3) is 9.62. The lowest BCUT2D eigenvalue weighted by Gasteiger charge is -2.33. The molecule has 2 aromatic carbocycles. The molecule has 4 unspecified atom stereocenters. The lowest BCUT2D eigenvalue weighted by atomic mass is 9.96. The van der Waals surface area contributed by atoms with Crippen molar-refractivity contribution in [3.63, 3.8) is 0 Å². The van der Waals surface area contributed by atoms with Crippen LogP contribution >= 0.6 is 0 Å².